The van der Waals surface area contributed by atoms with Gasteiger partial charge in [-0.05, 0) is 92.4 Å². The quantitative estimate of drug-likeness (QED) is 0.208. The number of nitrogens with zero attached hydrogens (tertiary/aromatic N) is 5. The Bertz CT molecular complexity index is 2190. The largest absolute Gasteiger partial charge is 0.464 e. The van der Waals surface area contributed by atoms with Crippen molar-refractivity contribution in [3.63, 3.8) is 0 Å². The summed E-state index contributed by atoms with van der Waals surface area (Å²) in [6.45, 7) is 8.09. The summed E-state index contributed by atoms with van der Waals surface area (Å²) in [5.74, 6) is -0.832. The molecule has 0 radical (unpaired) electrons. The van der Waals surface area contributed by atoms with Gasteiger partial charge in [0, 0.05) is 54.1 Å². The number of pyridine rings is 1. The van der Waals surface area contributed by atoms with Crippen LogP contribution in [0.1, 0.15) is 75.8 Å². The molecular weight excluding hydrogens is 748 g/mol. The minimum Gasteiger partial charge on any atom is -0.464 e. The third-order valence-electron chi connectivity index (χ3n) is 12.3. The first-order chi connectivity index (χ1) is 27.6. The minimum absolute atomic E-state index is 0.0300. The molecule has 4 N–H and O–H groups in total. The number of benzene rings is 2. The van der Waals surface area contributed by atoms with Crippen molar-refractivity contribution < 1.29 is 32.6 Å². The number of esters is 1. The highest BCUT2D eigenvalue weighted by molar-refractivity contribution is 5.96. The third-order valence-corrected chi connectivity index (χ3v) is 12.3. The second-order valence-electron chi connectivity index (χ2n) is 17.5. The minimum atomic E-state index is -4.58. The topological polar surface area (TPSA) is 129 Å². The summed E-state index contributed by atoms with van der Waals surface area (Å²) in [6.07, 6.45) is 1.08. The number of anilines is 1. The van der Waals surface area contributed by atoms with Crippen molar-refractivity contribution in [3.05, 3.63) is 71.5 Å². The van der Waals surface area contributed by atoms with Crippen LogP contribution in [0.3, 0.4) is 0 Å². The van der Waals surface area contributed by atoms with E-state index in [-0.39, 0.29) is 31.0 Å². The first kappa shape index (κ1) is 40.3. The lowest BCUT2D eigenvalue weighted by atomic mass is 9.84. The second-order valence-corrected chi connectivity index (χ2v) is 17.5. The number of carbonyl (C=O) groups excluding carboxylic acids is 2. The van der Waals surface area contributed by atoms with E-state index in [1.165, 1.54) is 22.4 Å². The van der Waals surface area contributed by atoms with Crippen LogP contribution >= 0.6 is 0 Å². The Labute approximate surface area is 337 Å². The van der Waals surface area contributed by atoms with Crippen LogP contribution < -0.4 is 16.1 Å². The first-order valence-corrected chi connectivity index (χ1v) is 20.6. The van der Waals surface area contributed by atoms with Gasteiger partial charge in [-0.1, -0.05) is 50.6 Å². The van der Waals surface area contributed by atoms with Crippen LogP contribution in [0, 0.1) is 5.41 Å². The van der Waals surface area contributed by atoms with E-state index in [2.05, 4.69) is 15.2 Å². The van der Waals surface area contributed by atoms with Crippen molar-refractivity contribution in [3.8, 4) is 22.4 Å². The molecule has 4 aliphatic rings. The highest BCUT2D eigenvalue weighted by Gasteiger charge is 2.37. The molecular formula is C44H54F3N7O4. The molecule has 0 spiro atoms. The molecule has 14 heteroatoms. The Morgan fingerprint density at radius 2 is 1.83 bits per heavy atom. The van der Waals surface area contributed by atoms with Gasteiger partial charge in [0.2, 0.25) is 0 Å². The highest BCUT2D eigenvalue weighted by atomic mass is 19.4. The van der Waals surface area contributed by atoms with Gasteiger partial charge in [0.05, 0.1) is 42.0 Å². The molecule has 6 bridgehead atoms. The van der Waals surface area contributed by atoms with Gasteiger partial charge in [0.25, 0.3) is 5.91 Å². The van der Waals surface area contributed by atoms with Gasteiger partial charge in [-0.2, -0.15) is 13.2 Å². The molecule has 0 aliphatic carbocycles. The van der Waals surface area contributed by atoms with Crippen LogP contribution in [0.4, 0.5) is 18.9 Å². The summed E-state index contributed by atoms with van der Waals surface area (Å²) in [4.78, 5) is 36.6. The number of fused-ring (bicyclic) bond motifs is 7. The van der Waals surface area contributed by atoms with Gasteiger partial charge < -0.3 is 25.0 Å². The number of piperazine rings is 1. The molecule has 2 aromatic carbocycles. The predicted octanol–water partition coefficient (Wildman–Crippen LogP) is 6.15. The maximum Gasteiger partial charge on any atom is 0.406 e. The highest BCUT2D eigenvalue weighted by Crippen LogP contribution is 2.44. The molecule has 1 unspecified atom stereocenters. The standard InChI is InChI=1S/C44H54F3N7O4/c1-27(55)39-34(21-32(23-49-39)52-17-16-51-14-5-4-10-31(51)24-52)40-35-22-43(2,3)26-58-42(57)37-11-7-15-54(50-37)41(56)36(48)19-28-8-6-9-29(18-28)30-12-13-38(33(35)20-30)53(40)25-44(45,46)47/h6,8-9,12-13,18,20-21,23,27,31,36-37,50,55H,4-5,7,10-11,14-17,19,22,24-26,48H2,1-3H3/t27-,31+,36-,37?/m0/s1. The van der Waals surface area contributed by atoms with E-state index in [0.717, 1.165) is 55.0 Å². The number of carbonyl (C=O) groups is 2. The zero-order chi connectivity index (χ0) is 40.9. The Balaban J connectivity index is 1.31. The van der Waals surface area contributed by atoms with E-state index in [9.17, 15) is 27.9 Å². The number of hydrogen-bond acceptors (Lipinski definition) is 9. The number of aromatic nitrogens is 2. The molecule has 3 saturated heterocycles. The van der Waals surface area contributed by atoms with Crippen LogP contribution in [0.2, 0.25) is 0 Å². The number of halogens is 3. The van der Waals surface area contributed by atoms with Crippen molar-refractivity contribution >= 4 is 28.5 Å². The number of aliphatic hydroxyl groups is 1. The molecule has 4 aromatic rings. The van der Waals surface area contributed by atoms with Crippen molar-refractivity contribution in [2.75, 3.05) is 44.2 Å². The molecule has 11 nitrogen and oxygen atoms in total. The zero-order valence-corrected chi connectivity index (χ0v) is 33.5. The summed E-state index contributed by atoms with van der Waals surface area (Å²) in [5, 5.41) is 13.2. The van der Waals surface area contributed by atoms with E-state index in [1.807, 2.05) is 56.3 Å². The molecule has 310 valence electrons. The fourth-order valence-corrected chi connectivity index (χ4v) is 9.42. The summed E-state index contributed by atoms with van der Waals surface area (Å²) in [6, 6.07) is 13.9. The van der Waals surface area contributed by atoms with Gasteiger partial charge >= 0.3 is 12.1 Å². The molecule has 4 atom stereocenters. The van der Waals surface area contributed by atoms with Crippen LogP contribution in [0.15, 0.2) is 54.7 Å². The van der Waals surface area contributed by atoms with E-state index in [4.69, 9.17) is 15.5 Å². The lowest BCUT2D eigenvalue weighted by molar-refractivity contribution is -0.155. The number of piperidine rings is 1. The summed E-state index contributed by atoms with van der Waals surface area (Å²) >= 11 is 0. The number of nitrogens with two attached hydrogens (primary N) is 1. The van der Waals surface area contributed by atoms with Crippen molar-refractivity contribution in [2.45, 2.75) is 103 Å². The van der Waals surface area contributed by atoms with Crippen LogP contribution in [-0.2, 0) is 33.7 Å². The number of aliphatic hydroxyl groups excluding tert-OH is 1. The summed E-state index contributed by atoms with van der Waals surface area (Å²) in [5.41, 5.74) is 14.1. The van der Waals surface area contributed by atoms with E-state index >= 15 is 0 Å². The van der Waals surface area contributed by atoms with Gasteiger partial charge in [0.15, 0.2) is 0 Å². The third kappa shape index (κ3) is 8.34. The number of alkyl halides is 3. The van der Waals surface area contributed by atoms with Crippen LogP contribution in [0.25, 0.3) is 33.3 Å². The van der Waals surface area contributed by atoms with Crippen LogP contribution in [0.5, 0.6) is 0 Å². The van der Waals surface area contributed by atoms with Crippen molar-refractivity contribution in [1.29, 1.82) is 0 Å². The Morgan fingerprint density at radius 3 is 2.62 bits per heavy atom. The second kappa shape index (κ2) is 15.9. The van der Waals surface area contributed by atoms with Gasteiger partial charge in [-0.3, -0.25) is 24.5 Å². The number of nitrogens with one attached hydrogen (secondary N) is 1. The SMILES string of the molecule is C[C@H](O)c1ncc(N2CCN3CCCC[C@@H]3C2)cc1-c1c2c3cc(ccc3n1CC(F)(F)F)-c1cccc(c1)C[C@H](N)C(=O)N1CCCC(N1)C(=O)OCC(C)(C)C2. The molecule has 6 heterocycles. The Kier molecular flexibility index (Phi) is 11.1. The van der Waals surface area contributed by atoms with Crippen molar-refractivity contribution in [1.82, 2.24) is 24.9 Å². The lowest BCUT2D eigenvalue weighted by Gasteiger charge is -2.45. The Hall–Kier alpha value is -4.50. The fourth-order valence-electron chi connectivity index (χ4n) is 9.42. The number of amides is 1. The normalized spacial score (nSPS) is 24.0. The fraction of sp³-hybridized carbons (Fsp3) is 0.523. The lowest BCUT2D eigenvalue weighted by Crippen LogP contribution is -2.59. The molecule has 0 saturated carbocycles. The average Bonchev–Trinajstić information content (AvgIpc) is 3.48. The summed E-state index contributed by atoms with van der Waals surface area (Å²) in [7, 11) is 0. The van der Waals surface area contributed by atoms with Crippen LogP contribution in [-0.4, -0.2) is 100 Å². The molecule has 2 aromatic heterocycles. The van der Waals surface area contributed by atoms with E-state index < -0.39 is 42.3 Å². The first-order valence-electron chi connectivity index (χ1n) is 20.6. The van der Waals surface area contributed by atoms with Crippen molar-refractivity contribution in [2.24, 2.45) is 11.1 Å². The molecule has 8 rings (SSSR count). The average molecular weight is 802 g/mol. The number of hydrogen-bond donors (Lipinski definition) is 3. The number of ether oxygens (including phenoxy) is 1. The molecule has 58 heavy (non-hydrogen) atoms. The number of rotatable bonds is 4. The van der Waals surface area contributed by atoms with E-state index in [1.54, 1.807) is 19.2 Å². The maximum absolute atomic E-state index is 14.8. The Morgan fingerprint density at radius 1 is 1.02 bits per heavy atom. The van der Waals surface area contributed by atoms with Gasteiger partial charge in [0.1, 0.15) is 12.6 Å². The maximum atomic E-state index is 14.8. The van der Waals surface area contributed by atoms with Gasteiger partial charge in [-0.25, -0.2) is 5.43 Å². The predicted molar refractivity (Wildman–Crippen MR) is 217 cm³/mol. The smallest absolute Gasteiger partial charge is 0.406 e. The van der Waals surface area contributed by atoms with Gasteiger partial charge in [-0.15, -0.1) is 0 Å². The number of hydrazine groups is 1. The molecule has 1 amide bonds. The monoisotopic (exact) mass is 801 g/mol. The molecule has 4 aliphatic heterocycles. The number of cyclic esters (lactones) is 1. The van der Waals surface area contributed by atoms with E-state index in [0.29, 0.717) is 53.2 Å². The summed E-state index contributed by atoms with van der Waals surface area (Å²) < 4.78 is 51.7. The molecule has 3 fully saturated rings. The zero-order valence-electron chi connectivity index (χ0n) is 33.5.